The third-order valence-electron chi connectivity index (χ3n) is 4.06. The number of allylic oxidation sites excluding steroid dienone is 1. The van der Waals surface area contributed by atoms with Gasteiger partial charge in [-0.15, -0.1) is 9.74 Å². The van der Waals surface area contributed by atoms with E-state index in [0.29, 0.717) is 0 Å². The molecule has 1 heterocycles. The average Bonchev–Trinajstić information content (AvgIpc) is 2.69. The van der Waals surface area contributed by atoms with Crippen molar-refractivity contribution in [2.24, 2.45) is 5.10 Å². The van der Waals surface area contributed by atoms with Gasteiger partial charge in [-0.3, -0.25) is 5.43 Å². The number of hydrogen-bond donors (Lipinski definition) is 1. The highest BCUT2D eigenvalue weighted by Crippen LogP contribution is 2.24. The van der Waals surface area contributed by atoms with Crippen molar-refractivity contribution < 1.29 is 0 Å². The fraction of sp³-hybridized carbons (Fsp3) is 0. The first-order valence-corrected chi connectivity index (χ1v) is 8.37. The van der Waals surface area contributed by atoms with Crippen molar-refractivity contribution in [2.75, 3.05) is 0 Å². The van der Waals surface area contributed by atoms with E-state index in [1.165, 1.54) is 15.8 Å². The van der Waals surface area contributed by atoms with Crippen LogP contribution in [-0.2, 0) is 0 Å². The van der Waals surface area contributed by atoms with Crippen molar-refractivity contribution in [2.45, 2.75) is 0 Å². The van der Waals surface area contributed by atoms with Gasteiger partial charge in [-0.2, -0.15) is 0 Å². The lowest BCUT2D eigenvalue weighted by Gasteiger charge is -2.22. The number of hydrogen-bond acceptors (Lipinski definition) is 3. The van der Waals surface area contributed by atoms with Crippen molar-refractivity contribution in [3.63, 3.8) is 0 Å². The molecule has 1 aliphatic rings. The highest BCUT2D eigenvalue weighted by atomic mass is 35.5. The minimum Gasteiger partial charge on any atom is -0.266 e. The highest BCUT2D eigenvalue weighted by molar-refractivity contribution is 6.18. The molecule has 0 spiro atoms. The largest absolute Gasteiger partial charge is 0.266 e. The molecule has 0 saturated carbocycles. The number of hydrazine groups is 1. The van der Waals surface area contributed by atoms with Gasteiger partial charge in [0.1, 0.15) is 0 Å². The standard InChI is InChI=1S/C21H16ClN3/c22-25-23-20(18-9-5-2-6-10-18)15-21(24-25)19-13-11-17(12-14-19)16-7-3-1-4-8-16/h1-15,24H. The number of nitrogens with one attached hydrogen (secondary N) is 1. The summed E-state index contributed by atoms with van der Waals surface area (Å²) in [4.78, 5) is 0. The summed E-state index contributed by atoms with van der Waals surface area (Å²) in [6, 6.07) is 28.7. The van der Waals surface area contributed by atoms with Crippen LogP contribution in [0.15, 0.2) is 96.1 Å². The van der Waals surface area contributed by atoms with Gasteiger partial charge in [-0.25, -0.2) is 0 Å². The molecule has 0 saturated heterocycles. The molecule has 0 unspecified atom stereocenters. The summed E-state index contributed by atoms with van der Waals surface area (Å²) in [5.74, 6) is 0. The third kappa shape index (κ3) is 3.42. The second-order valence-corrected chi connectivity index (χ2v) is 6.04. The zero-order valence-corrected chi connectivity index (χ0v) is 14.2. The van der Waals surface area contributed by atoms with E-state index in [0.717, 1.165) is 22.5 Å². The van der Waals surface area contributed by atoms with Gasteiger partial charge < -0.3 is 0 Å². The normalized spacial score (nSPS) is 13.7. The minimum atomic E-state index is 0.816. The summed E-state index contributed by atoms with van der Waals surface area (Å²) in [6.07, 6.45) is 2.01. The van der Waals surface area contributed by atoms with Crippen LogP contribution in [0.5, 0.6) is 0 Å². The average molecular weight is 346 g/mol. The van der Waals surface area contributed by atoms with Crippen LogP contribution in [0.2, 0.25) is 0 Å². The molecule has 3 aromatic rings. The van der Waals surface area contributed by atoms with Crippen molar-refractivity contribution in [3.05, 3.63) is 102 Å². The van der Waals surface area contributed by atoms with Crippen molar-refractivity contribution in [1.29, 1.82) is 0 Å². The van der Waals surface area contributed by atoms with E-state index in [9.17, 15) is 0 Å². The molecule has 3 nitrogen and oxygen atoms in total. The number of nitrogens with zero attached hydrogens (tertiary/aromatic N) is 2. The predicted octanol–water partition coefficient (Wildman–Crippen LogP) is 5.07. The first-order chi connectivity index (χ1) is 12.3. The molecule has 0 bridgehead atoms. The summed E-state index contributed by atoms with van der Waals surface area (Å²) in [5.41, 5.74) is 9.24. The fourth-order valence-electron chi connectivity index (χ4n) is 2.79. The molecular formula is C21H16ClN3. The van der Waals surface area contributed by atoms with E-state index in [1.54, 1.807) is 0 Å². The van der Waals surface area contributed by atoms with E-state index in [4.69, 9.17) is 11.8 Å². The van der Waals surface area contributed by atoms with Gasteiger partial charge in [0.2, 0.25) is 0 Å². The first kappa shape index (κ1) is 15.5. The van der Waals surface area contributed by atoms with E-state index < -0.39 is 0 Å². The molecule has 3 aromatic carbocycles. The van der Waals surface area contributed by atoms with Crippen molar-refractivity contribution >= 4 is 23.2 Å². The van der Waals surface area contributed by atoms with Gasteiger partial charge >= 0.3 is 0 Å². The number of halogens is 1. The van der Waals surface area contributed by atoms with E-state index in [2.05, 4.69) is 46.9 Å². The van der Waals surface area contributed by atoms with Gasteiger partial charge in [0, 0.05) is 5.56 Å². The van der Waals surface area contributed by atoms with Crippen LogP contribution in [0.25, 0.3) is 16.8 Å². The molecule has 122 valence electrons. The maximum absolute atomic E-state index is 6.13. The van der Waals surface area contributed by atoms with Gasteiger partial charge in [-0.1, -0.05) is 84.9 Å². The van der Waals surface area contributed by atoms with Gasteiger partial charge in [-0.05, 0) is 22.8 Å². The van der Waals surface area contributed by atoms with Crippen LogP contribution in [0.1, 0.15) is 11.1 Å². The Labute approximate surface area is 152 Å². The molecule has 4 rings (SSSR count). The van der Waals surface area contributed by atoms with Crippen molar-refractivity contribution in [3.8, 4) is 11.1 Å². The highest BCUT2D eigenvalue weighted by Gasteiger charge is 2.14. The maximum atomic E-state index is 6.13. The van der Waals surface area contributed by atoms with Crippen LogP contribution < -0.4 is 5.43 Å². The summed E-state index contributed by atoms with van der Waals surface area (Å²) < 4.78 is 1.22. The molecule has 1 N–H and O–H groups in total. The predicted molar refractivity (Wildman–Crippen MR) is 104 cm³/mol. The molecule has 0 atom stereocenters. The van der Waals surface area contributed by atoms with E-state index in [-0.39, 0.29) is 0 Å². The second kappa shape index (κ2) is 6.83. The molecule has 0 radical (unpaired) electrons. The van der Waals surface area contributed by atoms with Crippen LogP contribution in [-0.4, -0.2) is 10.3 Å². The maximum Gasteiger partial charge on any atom is 0.0960 e. The smallest absolute Gasteiger partial charge is 0.0960 e. The van der Waals surface area contributed by atoms with E-state index >= 15 is 0 Å². The zero-order chi connectivity index (χ0) is 17.1. The molecule has 1 aliphatic heterocycles. The first-order valence-electron chi connectivity index (χ1n) is 8.04. The molecule has 25 heavy (non-hydrogen) atoms. The topological polar surface area (TPSA) is 27.6 Å². The Bertz CT molecular complexity index is 916. The molecule has 0 amide bonds. The summed E-state index contributed by atoms with van der Waals surface area (Å²) >= 11 is 6.13. The lowest BCUT2D eigenvalue weighted by molar-refractivity contribution is 0.423. The van der Waals surface area contributed by atoms with Crippen LogP contribution in [0.3, 0.4) is 0 Å². The Balaban J connectivity index is 1.65. The minimum absolute atomic E-state index is 0.816. The van der Waals surface area contributed by atoms with E-state index in [1.807, 2.05) is 54.6 Å². The summed E-state index contributed by atoms with van der Waals surface area (Å²) in [6.45, 7) is 0. The lowest BCUT2D eigenvalue weighted by Crippen LogP contribution is -2.29. The summed E-state index contributed by atoms with van der Waals surface area (Å²) in [5, 5.41) is 4.32. The third-order valence-corrected chi connectivity index (χ3v) is 4.22. The van der Waals surface area contributed by atoms with Gasteiger partial charge in [0.15, 0.2) is 0 Å². The fourth-order valence-corrected chi connectivity index (χ4v) is 2.96. The molecule has 4 heteroatoms. The molecular weight excluding hydrogens is 330 g/mol. The Morgan fingerprint density at radius 1 is 0.640 bits per heavy atom. The lowest BCUT2D eigenvalue weighted by atomic mass is 10.0. The van der Waals surface area contributed by atoms with Crippen molar-refractivity contribution in [1.82, 2.24) is 10.1 Å². The summed E-state index contributed by atoms with van der Waals surface area (Å²) in [7, 11) is 0. The SMILES string of the molecule is ClN1N=C(c2ccccc2)C=C(c2ccc(-c3ccccc3)cc2)N1. The molecule has 0 aliphatic carbocycles. The Hall–Kier alpha value is -3.04. The monoisotopic (exact) mass is 345 g/mol. The number of benzene rings is 3. The number of hydrazone groups is 1. The second-order valence-electron chi connectivity index (χ2n) is 5.72. The number of rotatable bonds is 3. The Kier molecular flexibility index (Phi) is 4.23. The molecule has 0 fully saturated rings. The Morgan fingerprint density at radius 2 is 1.16 bits per heavy atom. The van der Waals surface area contributed by atoms with Gasteiger partial charge in [0.05, 0.1) is 23.2 Å². The Morgan fingerprint density at radius 3 is 1.80 bits per heavy atom. The zero-order valence-electron chi connectivity index (χ0n) is 13.4. The quantitative estimate of drug-likeness (QED) is 0.671. The molecule has 0 aromatic heterocycles. The van der Waals surface area contributed by atoms with Crippen LogP contribution in [0, 0.1) is 0 Å². The van der Waals surface area contributed by atoms with Gasteiger partial charge in [0.25, 0.3) is 0 Å². The van der Waals surface area contributed by atoms with Crippen LogP contribution >= 0.6 is 11.8 Å². The van der Waals surface area contributed by atoms with Crippen LogP contribution in [0.4, 0.5) is 0 Å².